The molecule has 0 bridgehead atoms. The molecule has 3 atom stereocenters. The van der Waals surface area contributed by atoms with Crippen LogP contribution in [0.1, 0.15) is 12.1 Å². The van der Waals surface area contributed by atoms with Gasteiger partial charge in [0.2, 0.25) is 5.91 Å². The SMILES string of the molecule is NC1=NC(=O)N(C2C[C@H](O)C(CNC(=O)Cc3cn4ccsc4n3)O2)CC=C1. The maximum Gasteiger partial charge on any atom is 0.347 e. The molecule has 2 aliphatic heterocycles. The van der Waals surface area contributed by atoms with Crippen LogP contribution in [0.2, 0.25) is 0 Å². The van der Waals surface area contributed by atoms with Crippen LogP contribution in [0.15, 0.2) is 34.9 Å². The second kappa shape index (κ2) is 7.70. The van der Waals surface area contributed by atoms with Gasteiger partial charge in [0.25, 0.3) is 0 Å². The Morgan fingerprint density at radius 3 is 3.18 bits per heavy atom. The Balaban J connectivity index is 1.30. The third-order valence-electron chi connectivity index (χ3n) is 4.60. The highest BCUT2D eigenvalue weighted by molar-refractivity contribution is 7.15. The summed E-state index contributed by atoms with van der Waals surface area (Å²) in [6.07, 6.45) is 5.32. The third-order valence-corrected chi connectivity index (χ3v) is 5.37. The molecule has 10 nitrogen and oxygen atoms in total. The van der Waals surface area contributed by atoms with Crippen LogP contribution in [0, 0.1) is 0 Å². The van der Waals surface area contributed by atoms with E-state index >= 15 is 0 Å². The number of nitrogens with two attached hydrogens (primary N) is 1. The van der Waals surface area contributed by atoms with Crippen LogP contribution in [0.25, 0.3) is 4.96 Å². The molecule has 148 valence electrons. The number of imidazole rings is 1. The van der Waals surface area contributed by atoms with E-state index < -0.39 is 24.5 Å². The van der Waals surface area contributed by atoms with Crippen molar-refractivity contribution < 1.29 is 19.4 Å². The van der Waals surface area contributed by atoms with Gasteiger partial charge in [0, 0.05) is 37.3 Å². The van der Waals surface area contributed by atoms with E-state index in [0.29, 0.717) is 5.69 Å². The van der Waals surface area contributed by atoms with Gasteiger partial charge in [0.05, 0.1) is 18.2 Å². The van der Waals surface area contributed by atoms with E-state index in [1.54, 1.807) is 12.2 Å². The van der Waals surface area contributed by atoms with Gasteiger partial charge in [-0.05, 0) is 6.08 Å². The predicted molar refractivity (Wildman–Crippen MR) is 102 cm³/mol. The van der Waals surface area contributed by atoms with Gasteiger partial charge in [-0.2, -0.15) is 4.99 Å². The van der Waals surface area contributed by atoms with Crippen molar-refractivity contribution >= 4 is 34.1 Å². The maximum absolute atomic E-state index is 12.2. The number of aliphatic imine (C=N–C) groups is 1. The fraction of sp³-hybridized carbons (Fsp3) is 0.412. The average molecular weight is 404 g/mol. The lowest BCUT2D eigenvalue weighted by atomic mass is 10.1. The molecule has 0 radical (unpaired) electrons. The van der Waals surface area contributed by atoms with Crippen molar-refractivity contribution in [3.63, 3.8) is 0 Å². The number of aliphatic hydroxyl groups is 1. The number of ether oxygens (including phenoxy) is 1. The number of aromatic nitrogens is 2. The number of amides is 3. The summed E-state index contributed by atoms with van der Waals surface area (Å²) in [5.41, 5.74) is 6.25. The minimum Gasteiger partial charge on any atom is -0.390 e. The fourth-order valence-electron chi connectivity index (χ4n) is 3.21. The van der Waals surface area contributed by atoms with Crippen LogP contribution in [-0.2, 0) is 16.0 Å². The van der Waals surface area contributed by atoms with Crippen molar-refractivity contribution in [3.8, 4) is 0 Å². The Bertz CT molecular complexity index is 922. The maximum atomic E-state index is 12.2. The molecule has 2 unspecified atom stereocenters. The van der Waals surface area contributed by atoms with Crippen molar-refractivity contribution in [2.24, 2.45) is 10.7 Å². The van der Waals surface area contributed by atoms with Crippen molar-refractivity contribution in [3.05, 3.63) is 35.6 Å². The van der Waals surface area contributed by atoms with Crippen LogP contribution in [0.3, 0.4) is 0 Å². The summed E-state index contributed by atoms with van der Waals surface area (Å²) >= 11 is 1.50. The minimum absolute atomic E-state index is 0.133. The first-order chi connectivity index (χ1) is 13.5. The number of nitrogens with one attached hydrogen (secondary N) is 1. The fourth-order valence-corrected chi connectivity index (χ4v) is 3.93. The van der Waals surface area contributed by atoms with Crippen molar-refractivity contribution in [1.82, 2.24) is 19.6 Å². The number of nitrogens with zero attached hydrogens (tertiary/aromatic N) is 4. The minimum atomic E-state index is -0.801. The highest BCUT2D eigenvalue weighted by Gasteiger charge is 2.39. The largest absolute Gasteiger partial charge is 0.390 e. The van der Waals surface area contributed by atoms with Gasteiger partial charge >= 0.3 is 6.03 Å². The number of amidine groups is 1. The number of urea groups is 1. The first kappa shape index (κ1) is 18.6. The molecule has 0 spiro atoms. The van der Waals surface area contributed by atoms with Gasteiger partial charge in [0.1, 0.15) is 18.2 Å². The first-order valence-electron chi connectivity index (χ1n) is 8.82. The molecule has 0 aliphatic carbocycles. The van der Waals surface area contributed by atoms with Crippen LogP contribution in [-0.4, -0.2) is 68.7 Å². The Hall–Kier alpha value is -2.76. The monoisotopic (exact) mass is 404 g/mol. The molecule has 4 N–H and O–H groups in total. The Labute approximate surface area is 164 Å². The van der Waals surface area contributed by atoms with Gasteiger partial charge in [-0.25, -0.2) is 9.78 Å². The number of carbonyl (C=O) groups excluding carboxylic acids is 2. The highest BCUT2D eigenvalue weighted by atomic mass is 32.1. The number of hydrogen-bond donors (Lipinski definition) is 3. The summed E-state index contributed by atoms with van der Waals surface area (Å²) in [6.45, 7) is 0.430. The van der Waals surface area contributed by atoms with E-state index in [-0.39, 0.29) is 37.7 Å². The van der Waals surface area contributed by atoms with E-state index in [1.807, 2.05) is 22.2 Å². The normalized spacial score (nSPS) is 25.2. The molecule has 3 amide bonds. The molecule has 0 aromatic carbocycles. The summed E-state index contributed by atoms with van der Waals surface area (Å²) in [4.78, 5) is 34.7. The van der Waals surface area contributed by atoms with Crippen LogP contribution >= 0.6 is 11.3 Å². The second-order valence-electron chi connectivity index (χ2n) is 6.61. The zero-order valence-corrected chi connectivity index (χ0v) is 15.7. The van der Waals surface area contributed by atoms with E-state index in [4.69, 9.17) is 10.5 Å². The summed E-state index contributed by atoms with van der Waals surface area (Å²) in [5.74, 6) is -0.0785. The van der Waals surface area contributed by atoms with Crippen molar-refractivity contribution in [2.45, 2.75) is 31.3 Å². The Kier molecular flexibility index (Phi) is 5.11. The number of fused-ring (bicyclic) bond motifs is 1. The number of thiazole rings is 1. The topological polar surface area (TPSA) is 135 Å². The molecule has 28 heavy (non-hydrogen) atoms. The molecular formula is C17H20N6O4S. The van der Waals surface area contributed by atoms with Crippen LogP contribution in [0.5, 0.6) is 0 Å². The number of carbonyl (C=O) groups is 2. The summed E-state index contributed by atoms with van der Waals surface area (Å²) in [6, 6.07) is -0.510. The number of aliphatic hydroxyl groups excluding tert-OH is 1. The Morgan fingerprint density at radius 1 is 1.50 bits per heavy atom. The lowest BCUT2D eigenvalue weighted by Gasteiger charge is -2.25. The lowest BCUT2D eigenvalue weighted by molar-refractivity contribution is -0.121. The van der Waals surface area contributed by atoms with Crippen molar-refractivity contribution in [2.75, 3.05) is 13.1 Å². The standard InChI is InChI=1S/C17H20N6O4S/c18-13-2-1-3-23(16(26)21-13)15-7-11(24)12(27-15)8-19-14(25)6-10-9-22-4-5-28-17(22)20-10/h1-2,4-5,9,11-12,15,24H,3,6-8H2,(H,19,25)(H2,18,21,26)/t11-,12?,15?/m0/s1. The zero-order chi connectivity index (χ0) is 19.7. The second-order valence-corrected chi connectivity index (χ2v) is 7.49. The predicted octanol–water partition coefficient (Wildman–Crippen LogP) is -0.121. The van der Waals surface area contributed by atoms with Gasteiger partial charge in [0.15, 0.2) is 4.96 Å². The van der Waals surface area contributed by atoms with Gasteiger partial charge in [-0.15, -0.1) is 11.3 Å². The molecule has 0 saturated carbocycles. The molecule has 2 aromatic heterocycles. The van der Waals surface area contributed by atoms with E-state index in [2.05, 4.69) is 15.3 Å². The van der Waals surface area contributed by atoms with Gasteiger partial charge in [-0.1, -0.05) is 6.08 Å². The highest BCUT2D eigenvalue weighted by Crippen LogP contribution is 2.24. The smallest absolute Gasteiger partial charge is 0.347 e. The summed E-state index contributed by atoms with van der Waals surface area (Å²) in [5, 5.41) is 14.9. The molecule has 2 aromatic rings. The molecule has 2 aliphatic rings. The van der Waals surface area contributed by atoms with Crippen LogP contribution in [0.4, 0.5) is 4.79 Å². The molecule has 1 fully saturated rings. The quantitative estimate of drug-likeness (QED) is 0.636. The summed E-state index contributed by atoms with van der Waals surface area (Å²) in [7, 11) is 0. The number of rotatable bonds is 5. The first-order valence-corrected chi connectivity index (χ1v) is 9.70. The van der Waals surface area contributed by atoms with E-state index in [1.165, 1.54) is 16.2 Å². The Morgan fingerprint density at radius 2 is 2.36 bits per heavy atom. The van der Waals surface area contributed by atoms with Gasteiger partial charge < -0.3 is 20.9 Å². The average Bonchev–Trinajstić information content (AvgIpc) is 3.28. The third kappa shape index (κ3) is 3.91. The molecule has 4 rings (SSSR count). The zero-order valence-electron chi connectivity index (χ0n) is 14.9. The van der Waals surface area contributed by atoms with Crippen molar-refractivity contribution in [1.29, 1.82) is 0 Å². The van der Waals surface area contributed by atoms with E-state index in [9.17, 15) is 14.7 Å². The molecule has 11 heteroatoms. The lowest BCUT2D eigenvalue weighted by Crippen LogP contribution is -2.40. The molecule has 4 heterocycles. The summed E-state index contributed by atoms with van der Waals surface area (Å²) < 4.78 is 7.65. The van der Waals surface area contributed by atoms with Gasteiger partial charge in [-0.3, -0.25) is 14.1 Å². The molecular weight excluding hydrogens is 384 g/mol. The van der Waals surface area contributed by atoms with E-state index in [0.717, 1.165) is 4.96 Å². The van der Waals surface area contributed by atoms with Crippen LogP contribution < -0.4 is 11.1 Å². The number of hydrogen-bond acceptors (Lipinski definition) is 7. The molecule has 1 saturated heterocycles.